The van der Waals surface area contributed by atoms with Crippen molar-refractivity contribution in [3.63, 3.8) is 0 Å². The van der Waals surface area contributed by atoms with Crippen LogP contribution < -0.4 is 5.73 Å². The Morgan fingerprint density at radius 1 is 1.42 bits per heavy atom. The average molecular weight is 363 g/mol. The molecule has 1 aromatic heterocycles. The van der Waals surface area contributed by atoms with Crippen LogP contribution in [0.25, 0.3) is 5.69 Å². The summed E-state index contributed by atoms with van der Waals surface area (Å²) in [5, 5.41) is 11.5. The third-order valence-electron chi connectivity index (χ3n) is 3.36. The van der Waals surface area contributed by atoms with Gasteiger partial charge in [0.2, 0.25) is 0 Å². The van der Waals surface area contributed by atoms with Crippen LogP contribution >= 0.6 is 0 Å². The summed E-state index contributed by atoms with van der Waals surface area (Å²) in [7, 11) is 0. The summed E-state index contributed by atoms with van der Waals surface area (Å²) in [5.41, 5.74) is 4.17. The molecule has 0 aliphatic carbocycles. The Morgan fingerprint density at radius 3 is 2.50 bits per heavy atom. The van der Waals surface area contributed by atoms with Gasteiger partial charge in [0.1, 0.15) is 11.4 Å². The number of carbonyl (C=O) groups is 1. The molecule has 0 saturated heterocycles. The molecule has 24 heavy (non-hydrogen) atoms. The fraction of sp³-hybridized carbons (Fsp3) is 0.231. The first kappa shape index (κ1) is 17.9. The van der Waals surface area contributed by atoms with Gasteiger partial charge in [0, 0.05) is 0 Å². The lowest BCUT2D eigenvalue weighted by atomic mass is 10.1. The summed E-state index contributed by atoms with van der Waals surface area (Å²) in [6.45, 7) is 1.26. The molecule has 0 bridgehead atoms. The number of aromatic carboxylic acids is 1. The molecule has 1 heterocycles. The summed E-state index contributed by atoms with van der Waals surface area (Å²) in [6, 6.07) is 2.50. The Hall–Kier alpha value is -2.40. The molecule has 2 atom stereocenters. The number of aromatic nitrogens is 2. The second kappa shape index (κ2) is 6.24. The summed E-state index contributed by atoms with van der Waals surface area (Å²) in [6.07, 6.45) is -3.70. The van der Waals surface area contributed by atoms with Crippen molar-refractivity contribution < 1.29 is 31.8 Å². The normalized spacial score (nSPS) is 14.4. The van der Waals surface area contributed by atoms with Crippen molar-refractivity contribution in [3.8, 4) is 5.69 Å². The fourth-order valence-electron chi connectivity index (χ4n) is 2.07. The van der Waals surface area contributed by atoms with Crippen LogP contribution in [0.3, 0.4) is 0 Å². The van der Waals surface area contributed by atoms with Crippen LogP contribution in [0, 0.1) is 0 Å². The number of rotatable bonds is 4. The van der Waals surface area contributed by atoms with Gasteiger partial charge in [-0.3, -0.25) is 0 Å². The molecular formula is C13H12F3N3O4S. The number of carboxylic acid groups (broad SMARTS) is 1. The zero-order chi connectivity index (χ0) is 18.2. The highest BCUT2D eigenvalue weighted by atomic mass is 32.2. The monoisotopic (exact) mass is 363 g/mol. The Balaban J connectivity index is 2.70. The first-order chi connectivity index (χ1) is 11.0. The van der Waals surface area contributed by atoms with E-state index in [0.717, 1.165) is 29.1 Å². The van der Waals surface area contributed by atoms with E-state index in [4.69, 9.17) is 10.8 Å². The molecule has 11 heteroatoms. The fourth-order valence-corrected chi connectivity index (χ4v) is 2.48. The second-order valence-electron chi connectivity index (χ2n) is 4.85. The zero-order valence-corrected chi connectivity index (χ0v) is 12.9. The third kappa shape index (κ3) is 3.26. The summed E-state index contributed by atoms with van der Waals surface area (Å²) in [4.78, 5) is 11.0. The number of halogens is 3. The largest absolute Gasteiger partial charge is 0.477 e. The number of anilines is 1. The molecule has 2 aromatic rings. The van der Waals surface area contributed by atoms with Crippen molar-refractivity contribution in [1.29, 1.82) is 0 Å². The van der Waals surface area contributed by atoms with E-state index in [1.807, 2.05) is 0 Å². The molecular weight excluding hydrogens is 351 g/mol. The number of carboxylic acids is 1. The Morgan fingerprint density at radius 2 is 2.04 bits per heavy atom. The lowest BCUT2D eigenvalue weighted by molar-refractivity contribution is -0.137. The minimum atomic E-state index is -4.65. The third-order valence-corrected chi connectivity index (χ3v) is 4.22. The minimum Gasteiger partial charge on any atom is -0.477 e. The number of nitrogen functional groups attached to an aromatic ring is 1. The molecule has 2 unspecified atom stereocenters. The van der Waals surface area contributed by atoms with Crippen LogP contribution in [0.5, 0.6) is 0 Å². The van der Waals surface area contributed by atoms with Crippen molar-refractivity contribution in [3.05, 3.63) is 41.1 Å². The van der Waals surface area contributed by atoms with Crippen LogP contribution in [-0.4, -0.2) is 29.6 Å². The quantitative estimate of drug-likeness (QED) is 0.718. The molecule has 0 radical (unpaired) electrons. The first-order valence-corrected chi connectivity index (χ1v) is 7.59. The molecule has 0 spiro atoms. The molecule has 0 saturated carbocycles. The van der Waals surface area contributed by atoms with E-state index in [9.17, 15) is 26.7 Å². The van der Waals surface area contributed by atoms with E-state index in [1.165, 1.54) is 6.92 Å². The van der Waals surface area contributed by atoms with Gasteiger partial charge in [-0.2, -0.15) is 18.3 Å². The Kier molecular flexibility index (Phi) is 4.67. The maximum atomic E-state index is 12.9. The number of nitrogens with zero attached hydrogens (tertiary/aromatic N) is 2. The predicted molar refractivity (Wildman–Crippen MR) is 79.1 cm³/mol. The smallest absolute Gasteiger partial charge is 0.416 e. The van der Waals surface area contributed by atoms with Crippen LogP contribution in [0.4, 0.5) is 19.0 Å². The minimum absolute atomic E-state index is 0.0112. The maximum absolute atomic E-state index is 12.9. The topological polar surface area (TPSA) is 118 Å². The molecule has 0 aliphatic rings. The number of nitrogens with two attached hydrogens (primary N) is 1. The lowest BCUT2D eigenvalue weighted by Crippen LogP contribution is -2.13. The first-order valence-electron chi connectivity index (χ1n) is 6.42. The van der Waals surface area contributed by atoms with E-state index in [1.54, 1.807) is 0 Å². The van der Waals surface area contributed by atoms with Gasteiger partial charge >= 0.3 is 12.1 Å². The molecule has 7 nitrogen and oxygen atoms in total. The van der Waals surface area contributed by atoms with Gasteiger partial charge in [0.25, 0.3) is 0 Å². The van der Waals surface area contributed by atoms with E-state index in [0.29, 0.717) is 0 Å². The predicted octanol–water partition coefficient (Wildman–Crippen LogP) is 2.45. The average Bonchev–Trinajstić information content (AvgIpc) is 2.86. The van der Waals surface area contributed by atoms with E-state index < -0.39 is 34.0 Å². The molecule has 0 amide bonds. The summed E-state index contributed by atoms with van der Waals surface area (Å²) < 4.78 is 60.2. The van der Waals surface area contributed by atoms with Crippen molar-refractivity contribution in [2.45, 2.75) is 18.3 Å². The number of hydrogen-bond donors (Lipinski definition) is 3. The van der Waals surface area contributed by atoms with Gasteiger partial charge in [-0.25, -0.2) is 13.7 Å². The maximum Gasteiger partial charge on any atom is 0.416 e. The Labute approximate surface area is 136 Å². The highest BCUT2D eigenvalue weighted by Crippen LogP contribution is 2.35. The summed E-state index contributed by atoms with van der Waals surface area (Å²) >= 11 is -2.45. The van der Waals surface area contributed by atoms with Gasteiger partial charge in [0.05, 0.1) is 22.7 Å². The Bertz CT molecular complexity index is 819. The summed E-state index contributed by atoms with van der Waals surface area (Å²) in [5.74, 6) is -1.66. The van der Waals surface area contributed by atoms with Crippen LogP contribution in [0.15, 0.2) is 24.4 Å². The molecule has 2 rings (SSSR count). The van der Waals surface area contributed by atoms with Crippen LogP contribution in [0.2, 0.25) is 0 Å². The van der Waals surface area contributed by atoms with E-state index in [-0.39, 0.29) is 22.6 Å². The van der Waals surface area contributed by atoms with Gasteiger partial charge < -0.3 is 15.4 Å². The highest BCUT2D eigenvalue weighted by molar-refractivity contribution is 7.79. The van der Waals surface area contributed by atoms with Crippen molar-refractivity contribution >= 4 is 22.9 Å². The van der Waals surface area contributed by atoms with Gasteiger partial charge in [-0.15, -0.1) is 0 Å². The number of alkyl halides is 3. The molecule has 0 fully saturated rings. The van der Waals surface area contributed by atoms with Gasteiger partial charge in [-0.05, 0) is 30.7 Å². The standard InChI is InChI=1S/C13H12F3N3O4S/c1-6(24(22)23)8-4-7(13(14,15)16)2-3-10(8)19-11(17)9(5-18-19)12(20)21/h2-6H,17H2,1H3,(H,20,21)(H,22,23). The second-order valence-corrected chi connectivity index (χ2v) is 6.11. The van der Waals surface area contributed by atoms with Gasteiger partial charge in [-0.1, -0.05) is 0 Å². The van der Waals surface area contributed by atoms with E-state index in [2.05, 4.69) is 5.10 Å². The van der Waals surface area contributed by atoms with E-state index >= 15 is 0 Å². The van der Waals surface area contributed by atoms with Gasteiger partial charge in [0.15, 0.2) is 11.1 Å². The molecule has 1 aromatic carbocycles. The molecule has 0 aliphatic heterocycles. The van der Waals surface area contributed by atoms with Crippen molar-refractivity contribution in [2.75, 3.05) is 5.73 Å². The molecule has 4 N–H and O–H groups in total. The van der Waals surface area contributed by atoms with Crippen LogP contribution in [0.1, 0.15) is 33.7 Å². The molecule has 130 valence electrons. The van der Waals surface area contributed by atoms with Crippen LogP contribution in [-0.2, 0) is 17.3 Å². The van der Waals surface area contributed by atoms with Crippen molar-refractivity contribution in [2.24, 2.45) is 0 Å². The number of benzene rings is 1. The zero-order valence-electron chi connectivity index (χ0n) is 12.1. The highest BCUT2D eigenvalue weighted by Gasteiger charge is 2.32. The number of hydrogen-bond acceptors (Lipinski definition) is 4. The lowest BCUT2D eigenvalue weighted by Gasteiger charge is -2.17. The van der Waals surface area contributed by atoms with Crippen molar-refractivity contribution in [1.82, 2.24) is 9.78 Å². The SMILES string of the molecule is CC(c1cc(C(F)(F)F)ccc1-n1ncc(C(=O)O)c1N)S(=O)O.